The summed E-state index contributed by atoms with van der Waals surface area (Å²) in [6.45, 7) is 10.6. The molecule has 7 aromatic carbocycles. The zero-order valence-corrected chi connectivity index (χ0v) is 38.0. The molecule has 0 atom stereocenters. The van der Waals surface area contributed by atoms with E-state index in [2.05, 4.69) is 95.3 Å². The highest BCUT2D eigenvalue weighted by molar-refractivity contribution is 6.04. The van der Waals surface area contributed by atoms with Crippen LogP contribution in [0.2, 0.25) is 0 Å². The summed E-state index contributed by atoms with van der Waals surface area (Å²) in [7, 11) is 0. The van der Waals surface area contributed by atoms with Crippen LogP contribution in [-0.2, 0) is 21.8 Å². The van der Waals surface area contributed by atoms with Crippen molar-refractivity contribution in [3.05, 3.63) is 198 Å². The molecule has 4 heteroatoms. The Morgan fingerprint density at radius 2 is 1.03 bits per heavy atom. The molecule has 2 heterocycles. The summed E-state index contributed by atoms with van der Waals surface area (Å²) in [6.07, 6.45) is 1.86. The van der Waals surface area contributed by atoms with Crippen LogP contribution in [0.1, 0.15) is 105 Å². The van der Waals surface area contributed by atoms with E-state index in [0.717, 1.165) is 61.0 Å². The van der Waals surface area contributed by atoms with Gasteiger partial charge in [-0.15, -0.1) is 0 Å². The lowest BCUT2D eigenvalue weighted by Gasteiger charge is -2.32. The molecule has 0 radical (unpaired) electrons. The third-order valence-electron chi connectivity index (χ3n) is 12.9. The molecule has 0 aliphatic rings. The highest BCUT2D eigenvalue weighted by atomic mass is 16.3. The lowest BCUT2D eigenvalue weighted by atomic mass is 9.77. The van der Waals surface area contributed by atoms with Crippen LogP contribution in [0.25, 0.3) is 66.7 Å². The average molecular weight is 844 g/mol. The summed E-state index contributed by atoms with van der Waals surface area (Å²) < 4.78 is 58.1. The maximum absolute atomic E-state index is 11.9. The first kappa shape index (κ1) is 35.7. The molecule has 1 N–H and O–H groups in total. The van der Waals surface area contributed by atoms with E-state index in [4.69, 9.17) is 9.97 Å². The number of hydrogen-bond donors (Lipinski definition) is 1. The predicted molar refractivity (Wildman–Crippen MR) is 269 cm³/mol. The summed E-state index contributed by atoms with van der Waals surface area (Å²) in [5, 5.41) is 13.0. The van der Waals surface area contributed by atoms with E-state index in [0.29, 0.717) is 16.6 Å². The molecule has 0 unspecified atom stereocenters. The minimum Gasteiger partial charge on any atom is -0.507 e. The van der Waals surface area contributed by atoms with Crippen molar-refractivity contribution in [2.45, 2.75) is 90.9 Å². The molecule has 0 saturated heterocycles. The van der Waals surface area contributed by atoms with Gasteiger partial charge in [0.1, 0.15) is 11.6 Å². The fourth-order valence-corrected chi connectivity index (χ4v) is 8.92. The molecule has 9 aromatic rings. The fraction of sp³-hybridized carbons (Fsp3) is 0.233. The first-order chi connectivity index (χ1) is 32.9. The van der Waals surface area contributed by atoms with Crippen LogP contribution in [0.5, 0.6) is 5.75 Å². The molecule has 0 amide bonds. The third kappa shape index (κ3) is 7.59. The number of nitrogens with zero attached hydrogens (tertiary/aromatic N) is 3. The third-order valence-corrected chi connectivity index (χ3v) is 12.9. The minimum atomic E-state index is -3.19. The Bertz CT molecular complexity index is 3380. The molecular formula is C60H59N3O. The second-order valence-corrected chi connectivity index (χ2v) is 19.7. The van der Waals surface area contributed by atoms with Crippen molar-refractivity contribution < 1.29 is 13.3 Å². The lowest BCUT2D eigenvalue weighted by Crippen LogP contribution is -2.28. The van der Waals surface area contributed by atoms with Crippen molar-refractivity contribution in [2.24, 2.45) is 0 Å². The van der Waals surface area contributed by atoms with Crippen LogP contribution in [-0.4, -0.2) is 19.6 Å². The van der Waals surface area contributed by atoms with Crippen molar-refractivity contribution in [1.82, 2.24) is 14.5 Å². The fourth-order valence-electron chi connectivity index (χ4n) is 8.92. The van der Waals surface area contributed by atoms with Crippen LogP contribution in [0.4, 0.5) is 0 Å². The molecule has 0 bridgehead atoms. The Labute approximate surface area is 387 Å². The van der Waals surface area contributed by atoms with Crippen LogP contribution in [0, 0.1) is 0 Å². The summed E-state index contributed by atoms with van der Waals surface area (Å²) in [6, 6.07) is 52.6. The van der Waals surface area contributed by atoms with E-state index in [1.54, 1.807) is 42.5 Å². The molecule has 0 spiro atoms. The van der Waals surface area contributed by atoms with Crippen LogP contribution in [0.3, 0.4) is 0 Å². The van der Waals surface area contributed by atoms with Crippen LogP contribution >= 0.6 is 0 Å². The molecule has 0 aliphatic carbocycles. The van der Waals surface area contributed by atoms with Gasteiger partial charge in [0.05, 0.1) is 27.7 Å². The maximum Gasteiger partial charge on any atom is 0.145 e. The Hall–Kier alpha value is -6.78. The van der Waals surface area contributed by atoms with Gasteiger partial charge in [0, 0.05) is 36.3 Å². The maximum atomic E-state index is 11.9. The number of phenols is 1. The van der Waals surface area contributed by atoms with Crippen LogP contribution in [0.15, 0.2) is 170 Å². The second-order valence-electron chi connectivity index (χ2n) is 19.7. The molecule has 2 aromatic heterocycles. The Morgan fingerprint density at radius 3 is 1.66 bits per heavy atom. The van der Waals surface area contributed by atoms with Crippen molar-refractivity contribution in [1.29, 1.82) is 0 Å². The van der Waals surface area contributed by atoms with Gasteiger partial charge in [0.25, 0.3) is 0 Å². The van der Waals surface area contributed by atoms with Gasteiger partial charge in [0.2, 0.25) is 0 Å². The van der Waals surface area contributed by atoms with Gasteiger partial charge in [-0.05, 0) is 123 Å². The van der Waals surface area contributed by atoms with Crippen molar-refractivity contribution in [2.75, 3.05) is 0 Å². The first-order valence-electron chi connectivity index (χ1n) is 25.0. The molecule has 0 aliphatic heterocycles. The predicted octanol–water partition coefficient (Wildman–Crippen LogP) is 15.7. The quantitative estimate of drug-likeness (QED) is 0.166. The number of fused-ring (bicyclic) bond motifs is 2. The van der Waals surface area contributed by atoms with Gasteiger partial charge >= 0.3 is 0 Å². The van der Waals surface area contributed by atoms with Crippen molar-refractivity contribution >= 4 is 21.9 Å². The standard InChI is InChI=1S/C60H59N3O/c1-57(2,3)44-29-30-53(64)51(34-44)56-62-55-49(37-46(59(7,8)42-25-16-12-17-26-42)38-52(55)63(56)60(9,10)43-27-18-13-19-28-43)41-24-20-23-40(33-41)48-35-45(58(4,5)6)36-50-47(31-32-61-54(48)50)39-21-14-11-15-22-39/h11-38,64H,1-10H3/i9D3,10D3. The minimum absolute atomic E-state index is 0.0169. The lowest BCUT2D eigenvalue weighted by molar-refractivity contribution is 0.448. The molecule has 0 saturated carbocycles. The number of rotatable bonds is 8. The van der Waals surface area contributed by atoms with Gasteiger partial charge in [0.15, 0.2) is 0 Å². The topological polar surface area (TPSA) is 50.9 Å². The van der Waals surface area contributed by atoms with Gasteiger partial charge in [-0.25, -0.2) is 4.98 Å². The normalized spacial score (nSPS) is 14.4. The SMILES string of the molecule is [2H]C([2H])([2H])C(c1ccccc1)(n1c(-c2cc(C(C)(C)C)ccc2O)nc2c(-c3cccc(-c4cc(C(C)(C)C)cc5c(-c6ccccc6)ccnc45)c3)cc(C(C)(C)c3ccccc3)cc21)C([2H])([2H])[2H]. The number of benzene rings is 7. The number of pyridine rings is 1. The average Bonchev–Trinajstić information content (AvgIpc) is 3.69. The highest BCUT2D eigenvalue weighted by Crippen LogP contribution is 2.46. The number of phenolic OH excluding ortho intramolecular Hbond substituents is 1. The van der Waals surface area contributed by atoms with E-state index < -0.39 is 30.1 Å². The summed E-state index contributed by atoms with van der Waals surface area (Å²) in [5.41, 5.74) is 7.08. The smallest absolute Gasteiger partial charge is 0.145 e. The van der Waals surface area contributed by atoms with Gasteiger partial charge in [-0.1, -0.05) is 171 Å². The molecular weight excluding hydrogens is 779 g/mol. The monoisotopic (exact) mass is 844 g/mol. The Balaban J connectivity index is 1.44. The van der Waals surface area contributed by atoms with Gasteiger partial charge in [-0.2, -0.15) is 0 Å². The van der Waals surface area contributed by atoms with E-state index in [9.17, 15) is 13.3 Å². The molecule has 0 fully saturated rings. The second kappa shape index (κ2) is 15.8. The summed E-state index contributed by atoms with van der Waals surface area (Å²) in [5.74, 6) is -0.146. The zero-order chi connectivity index (χ0) is 50.2. The molecule has 64 heavy (non-hydrogen) atoms. The largest absolute Gasteiger partial charge is 0.507 e. The number of aromatic hydroxyl groups is 1. The van der Waals surface area contributed by atoms with E-state index in [1.807, 2.05) is 87.6 Å². The van der Waals surface area contributed by atoms with E-state index >= 15 is 0 Å². The summed E-state index contributed by atoms with van der Waals surface area (Å²) in [4.78, 5) is 10.4. The van der Waals surface area contributed by atoms with E-state index in [1.165, 1.54) is 4.57 Å². The Kier molecular flexibility index (Phi) is 8.79. The molecule has 4 nitrogen and oxygen atoms in total. The molecule has 320 valence electrons. The number of imidazole rings is 1. The van der Waals surface area contributed by atoms with Crippen molar-refractivity contribution in [3.63, 3.8) is 0 Å². The number of hydrogen-bond acceptors (Lipinski definition) is 3. The highest BCUT2D eigenvalue weighted by Gasteiger charge is 2.33. The van der Waals surface area contributed by atoms with E-state index in [-0.39, 0.29) is 28.1 Å². The van der Waals surface area contributed by atoms with Gasteiger partial charge < -0.3 is 9.67 Å². The van der Waals surface area contributed by atoms with Crippen LogP contribution < -0.4 is 0 Å². The zero-order valence-electron chi connectivity index (χ0n) is 44.0. The summed E-state index contributed by atoms with van der Waals surface area (Å²) >= 11 is 0. The number of aromatic nitrogens is 3. The first-order valence-corrected chi connectivity index (χ1v) is 22.0. The molecule has 9 rings (SSSR count). The Morgan fingerprint density at radius 1 is 0.469 bits per heavy atom. The van der Waals surface area contributed by atoms with Crippen molar-refractivity contribution in [3.8, 4) is 50.5 Å². The van der Waals surface area contributed by atoms with Gasteiger partial charge in [-0.3, -0.25) is 4.98 Å².